The summed E-state index contributed by atoms with van der Waals surface area (Å²) in [6.07, 6.45) is 0.432. The first-order chi connectivity index (χ1) is 11.9. The summed E-state index contributed by atoms with van der Waals surface area (Å²) in [6, 6.07) is 8.19. The van der Waals surface area contributed by atoms with Crippen molar-refractivity contribution in [1.29, 1.82) is 0 Å². The van der Waals surface area contributed by atoms with Crippen LogP contribution < -0.4 is 5.32 Å². The van der Waals surface area contributed by atoms with Crippen molar-refractivity contribution in [2.24, 2.45) is 0 Å². The van der Waals surface area contributed by atoms with Gasteiger partial charge >= 0.3 is 0 Å². The van der Waals surface area contributed by atoms with Crippen molar-refractivity contribution in [1.82, 2.24) is 14.9 Å². The van der Waals surface area contributed by atoms with E-state index in [4.69, 9.17) is 0 Å². The zero-order valence-corrected chi connectivity index (χ0v) is 14.8. The SMILES string of the molecule is Cc1cc(NC2CC(=O)N(Cc3ccc(F)cc3)C2)nc(C(C)C)n1. The molecule has 3 rings (SSSR count). The summed E-state index contributed by atoms with van der Waals surface area (Å²) >= 11 is 0. The molecule has 1 atom stereocenters. The number of carbonyl (C=O) groups excluding carboxylic acids is 1. The number of hydrogen-bond donors (Lipinski definition) is 1. The highest BCUT2D eigenvalue weighted by atomic mass is 19.1. The van der Waals surface area contributed by atoms with Crippen LogP contribution in [-0.2, 0) is 11.3 Å². The number of aromatic nitrogens is 2. The van der Waals surface area contributed by atoms with Crippen LogP contribution >= 0.6 is 0 Å². The molecule has 2 aromatic rings. The van der Waals surface area contributed by atoms with Crippen LogP contribution in [0.5, 0.6) is 0 Å². The zero-order chi connectivity index (χ0) is 18.0. The molecule has 132 valence electrons. The van der Waals surface area contributed by atoms with Crippen LogP contribution in [-0.4, -0.2) is 33.4 Å². The van der Waals surface area contributed by atoms with E-state index >= 15 is 0 Å². The molecule has 1 N–H and O–H groups in total. The lowest BCUT2D eigenvalue weighted by molar-refractivity contribution is -0.128. The van der Waals surface area contributed by atoms with Gasteiger partial charge in [-0.3, -0.25) is 4.79 Å². The molecule has 1 aromatic carbocycles. The van der Waals surface area contributed by atoms with E-state index in [-0.39, 0.29) is 23.7 Å². The molecule has 1 amide bonds. The fraction of sp³-hybridized carbons (Fsp3) is 0.421. The molecule has 2 heterocycles. The van der Waals surface area contributed by atoms with Gasteiger partial charge in [-0.25, -0.2) is 14.4 Å². The summed E-state index contributed by atoms with van der Waals surface area (Å²) in [5.41, 5.74) is 1.84. The molecule has 1 aromatic heterocycles. The zero-order valence-electron chi connectivity index (χ0n) is 14.8. The monoisotopic (exact) mass is 342 g/mol. The van der Waals surface area contributed by atoms with Gasteiger partial charge in [-0.15, -0.1) is 0 Å². The van der Waals surface area contributed by atoms with Crippen molar-refractivity contribution < 1.29 is 9.18 Å². The summed E-state index contributed by atoms with van der Waals surface area (Å²) in [5.74, 6) is 1.64. The predicted octanol–water partition coefficient (Wildman–Crippen LogP) is 3.26. The second kappa shape index (κ2) is 7.17. The third kappa shape index (κ3) is 4.32. The molecule has 6 heteroatoms. The molecular weight excluding hydrogens is 319 g/mol. The van der Waals surface area contributed by atoms with Crippen molar-refractivity contribution >= 4 is 11.7 Å². The fourth-order valence-corrected chi connectivity index (χ4v) is 2.96. The van der Waals surface area contributed by atoms with E-state index in [0.29, 0.717) is 19.5 Å². The van der Waals surface area contributed by atoms with Crippen LogP contribution in [0, 0.1) is 12.7 Å². The van der Waals surface area contributed by atoms with Gasteiger partial charge in [-0.1, -0.05) is 26.0 Å². The van der Waals surface area contributed by atoms with Crippen LogP contribution in [0.2, 0.25) is 0 Å². The number of carbonyl (C=O) groups is 1. The highest BCUT2D eigenvalue weighted by Crippen LogP contribution is 2.20. The van der Waals surface area contributed by atoms with E-state index in [2.05, 4.69) is 29.1 Å². The van der Waals surface area contributed by atoms with E-state index in [1.807, 2.05) is 13.0 Å². The number of benzene rings is 1. The maximum Gasteiger partial charge on any atom is 0.225 e. The molecule has 1 saturated heterocycles. The van der Waals surface area contributed by atoms with Gasteiger partial charge < -0.3 is 10.2 Å². The van der Waals surface area contributed by atoms with Gasteiger partial charge in [0.1, 0.15) is 17.5 Å². The molecule has 0 aliphatic carbocycles. The summed E-state index contributed by atoms with van der Waals surface area (Å²) in [6.45, 7) is 7.16. The van der Waals surface area contributed by atoms with Gasteiger partial charge in [0.15, 0.2) is 0 Å². The average Bonchev–Trinajstić information content (AvgIpc) is 2.88. The Morgan fingerprint density at radius 3 is 2.68 bits per heavy atom. The number of amides is 1. The number of hydrogen-bond acceptors (Lipinski definition) is 4. The maximum atomic E-state index is 13.0. The third-order valence-electron chi connectivity index (χ3n) is 4.24. The molecule has 5 nitrogen and oxygen atoms in total. The molecule has 1 aliphatic heterocycles. The first kappa shape index (κ1) is 17.3. The van der Waals surface area contributed by atoms with Gasteiger partial charge in [-0.2, -0.15) is 0 Å². The van der Waals surface area contributed by atoms with Crippen molar-refractivity contribution in [2.45, 2.75) is 45.7 Å². The molecule has 0 spiro atoms. The van der Waals surface area contributed by atoms with E-state index in [0.717, 1.165) is 22.9 Å². The number of anilines is 1. The van der Waals surface area contributed by atoms with Crippen LogP contribution in [0.15, 0.2) is 30.3 Å². The van der Waals surface area contributed by atoms with Gasteiger partial charge in [0, 0.05) is 37.2 Å². The van der Waals surface area contributed by atoms with Crippen molar-refractivity contribution in [3.63, 3.8) is 0 Å². The number of halogens is 1. The van der Waals surface area contributed by atoms with E-state index in [9.17, 15) is 9.18 Å². The van der Waals surface area contributed by atoms with E-state index in [1.54, 1.807) is 17.0 Å². The molecule has 1 aliphatic rings. The van der Waals surface area contributed by atoms with E-state index < -0.39 is 0 Å². The minimum Gasteiger partial charge on any atom is -0.365 e. The van der Waals surface area contributed by atoms with Gasteiger partial charge in [0.05, 0.1) is 6.04 Å². The molecule has 0 radical (unpaired) electrons. The topological polar surface area (TPSA) is 58.1 Å². The normalized spacial score (nSPS) is 17.4. The number of rotatable bonds is 5. The van der Waals surface area contributed by atoms with Gasteiger partial charge in [0.25, 0.3) is 0 Å². The van der Waals surface area contributed by atoms with Gasteiger partial charge in [-0.05, 0) is 24.6 Å². The highest BCUT2D eigenvalue weighted by molar-refractivity contribution is 5.80. The molecule has 1 fully saturated rings. The number of likely N-dealkylation sites (tertiary alicyclic amines) is 1. The Morgan fingerprint density at radius 1 is 1.28 bits per heavy atom. The summed E-state index contributed by atoms with van der Waals surface area (Å²) in [5, 5.41) is 3.36. The largest absolute Gasteiger partial charge is 0.365 e. The van der Waals surface area contributed by atoms with Gasteiger partial charge in [0.2, 0.25) is 5.91 Å². The lowest BCUT2D eigenvalue weighted by Gasteiger charge is -2.18. The van der Waals surface area contributed by atoms with Crippen LogP contribution in [0.25, 0.3) is 0 Å². The van der Waals surface area contributed by atoms with Crippen LogP contribution in [0.1, 0.15) is 43.3 Å². The second-order valence-electron chi connectivity index (χ2n) is 6.85. The quantitative estimate of drug-likeness (QED) is 0.906. The van der Waals surface area contributed by atoms with Crippen LogP contribution in [0.3, 0.4) is 0 Å². The first-order valence-electron chi connectivity index (χ1n) is 8.55. The Morgan fingerprint density at radius 2 is 2.00 bits per heavy atom. The minimum absolute atomic E-state index is 0.0160. The maximum absolute atomic E-state index is 13.0. The second-order valence-corrected chi connectivity index (χ2v) is 6.85. The number of nitrogens with zero attached hydrogens (tertiary/aromatic N) is 3. The minimum atomic E-state index is -0.267. The van der Waals surface area contributed by atoms with Crippen molar-refractivity contribution in [3.05, 3.63) is 53.2 Å². The summed E-state index contributed by atoms with van der Waals surface area (Å²) < 4.78 is 13.0. The lowest BCUT2D eigenvalue weighted by atomic mass is 10.2. The van der Waals surface area contributed by atoms with Crippen molar-refractivity contribution in [3.8, 4) is 0 Å². The molecule has 1 unspecified atom stereocenters. The molecule has 25 heavy (non-hydrogen) atoms. The Hall–Kier alpha value is -2.50. The predicted molar refractivity (Wildman–Crippen MR) is 94.7 cm³/mol. The Balaban J connectivity index is 1.65. The molecule has 0 saturated carbocycles. The Kier molecular flexibility index (Phi) is 4.97. The smallest absolute Gasteiger partial charge is 0.225 e. The van der Waals surface area contributed by atoms with Crippen molar-refractivity contribution in [2.75, 3.05) is 11.9 Å². The average molecular weight is 342 g/mol. The lowest BCUT2D eigenvalue weighted by Crippen LogP contribution is -2.28. The molecular formula is C19H23FN4O. The number of aryl methyl sites for hydroxylation is 1. The van der Waals surface area contributed by atoms with E-state index in [1.165, 1.54) is 12.1 Å². The molecule has 0 bridgehead atoms. The third-order valence-corrected chi connectivity index (χ3v) is 4.24. The summed E-state index contributed by atoms with van der Waals surface area (Å²) in [4.78, 5) is 23.0. The fourth-order valence-electron chi connectivity index (χ4n) is 2.96. The summed E-state index contributed by atoms with van der Waals surface area (Å²) in [7, 11) is 0. The van der Waals surface area contributed by atoms with Crippen LogP contribution in [0.4, 0.5) is 10.2 Å². The Bertz CT molecular complexity index is 761. The standard InChI is InChI=1S/C19H23FN4O/c1-12(2)19-21-13(3)8-17(23-19)22-16-9-18(25)24(11-16)10-14-4-6-15(20)7-5-14/h4-8,12,16H,9-11H2,1-3H3,(H,21,22,23). The Labute approximate surface area is 147 Å². The first-order valence-corrected chi connectivity index (χ1v) is 8.55. The highest BCUT2D eigenvalue weighted by Gasteiger charge is 2.29. The number of nitrogens with one attached hydrogen (secondary N) is 1.